The van der Waals surface area contributed by atoms with E-state index in [1.165, 1.54) is 19.4 Å². The summed E-state index contributed by atoms with van der Waals surface area (Å²) in [4.78, 5) is 37.2. The van der Waals surface area contributed by atoms with Crippen LogP contribution in [0.2, 0.25) is 0 Å². The second kappa shape index (κ2) is 11.1. The summed E-state index contributed by atoms with van der Waals surface area (Å²) < 4.78 is 6.03. The molecule has 0 spiro atoms. The summed E-state index contributed by atoms with van der Waals surface area (Å²) in [5, 5.41) is 9.02. The lowest BCUT2D eigenvalue weighted by Gasteiger charge is -2.11. The van der Waals surface area contributed by atoms with Crippen molar-refractivity contribution in [3.63, 3.8) is 0 Å². The summed E-state index contributed by atoms with van der Waals surface area (Å²) in [7, 11) is 1.51. The average molecular weight is 509 g/mol. The molecule has 0 aliphatic heterocycles. The van der Waals surface area contributed by atoms with Gasteiger partial charge < -0.3 is 15.4 Å². The van der Waals surface area contributed by atoms with Crippen LogP contribution in [0, 0.1) is 6.92 Å². The minimum Gasteiger partial charge on any atom is -0.496 e. The van der Waals surface area contributed by atoms with Crippen LogP contribution in [-0.2, 0) is 9.59 Å². The number of carbonyl (C=O) groups excluding carboxylic acids is 3. The molecule has 0 fully saturated rings. The van der Waals surface area contributed by atoms with E-state index in [2.05, 4.69) is 37.1 Å². The Morgan fingerprint density at radius 1 is 0.939 bits per heavy atom. The van der Waals surface area contributed by atoms with E-state index in [-0.39, 0.29) is 11.3 Å². The van der Waals surface area contributed by atoms with Gasteiger partial charge in [-0.05, 0) is 49.4 Å². The van der Waals surface area contributed by atoms with E-state index in [0.717, 1.165) is 10.0 Å². The number of hydrogen-bond acceptors (Lipinski definition) is 5. The number of nitrogens with one attached hydrogen (secondary N) is 3. The third-order valence-electron chi connectivity index (χ3n) is 4.50. The zero-order chi connectivity index (χ0) is 23.8. The fourth-order valence-electron chi connectivity index (χ4n) is 2.82. The molecule has 0 atom stereocenters. The normalized spacial score (nSPS) is 10.5. The number of amides is 3. The molecule has 3 rings (SSSR count). The van der Waals surface area contributed by atoms with E-state index in [1.54, 1.807) is 48.5 Å². The number of rotatable bonds is 6. The van der Waals surface area contributed by atoms with Crippen LogP contribution in [0.1, 0.15) is 21.5 Å². The molecule has 9 heteroatoms. The molecule has 0 radical (unpaired) electrons. The van der Waals surface area contributed by atoms with Crippen LogP contribution < -0.4 is 20.8 Å². The second-order valence-corrected chi connectivity index (χ2v) is 7.82. The molecule has 0 bridgehead atoms. The first kappa shape index (κ1) is 23.7. The van der Waals surface area contributed by atoms with Crippen LogP contribution in [0.15, 0.2) is 76.3 Å². The Balaban J connectivity index is 1.65. The molecular formula is C24H21BrN4O4. The minimum absolute atomic E-state index is 0.194. The van der Waals surface area contributed by atoms with Crippen molar-refractivity contribution in [1.82, 2.24) is 5.43 Å². The quantitative estimate of drug-likeness (QED) is 0.264. The maximum atomic E-state index is 12.7. The molecule has 0 aliphatic carbocycles. The fourth-order valence-corrected chi connectivity index (χ4v) is 3.20. The van der Waals surface area contributed by atoms with Gasteiger partial charge in [-0.15, -0.1) is 0 Å². The standard InChI is InChI=1S/C24H21BrN4O4/c1-15-7-10-18(11-8-15)27-22(30)19-5-3-4-6-20(19)28-23(31)24(32)29-26-14-16-13-17(25)9-12-21(16)33-2/h3-14H,1-2H3,(H,27,30)(H,28,31)(H,29,32)/b26-14-. The number of carbonyl (C=O) groups is 3. The van der Waals surface area contributed by atoms with Gasteiger partial charge in [0.05, 0.1) is 24.6 Å². The first-order valence-corrected chi connectivity index (χ1v) is 10.6. The molecule has 3 aromatic carbocycles. The van der Waals surface area contributed by atoms with E-state index >= 15 is 0 Å². The molecule has 0 aliphatic rings. The summed E-state index contributed by atoms with van der Waals surface area (Å²) in [5.74, 6) is -1.83. The van der Waals surface area contributed by atoms with Crippen LogP contribution in [0.3, 0.4) is 0 Å². The highest BCUT2D eigenvalue weighted by molar-refractivity contribution is 9.10. The highest BCUT2D eigenvalue weighted by Gasteiger charge is 2.18. The van der Waals surface area contributed by atoms with Crippen LogP contribution in [0.4, 0.5) is 11.4 Å². The zero-order valence-corrected chi connectivity index (χ0v) is 19.5. The Morgan fingerprint density at radius 2 is 1.67 bits per heavy atom. The number of hydrazone groups is 1. The van der Waals surface area contributed by atoms with Gasteiger partial charge in [0.25, 0.3) is 5.91 Å². The number of ether oxygens (including phenoxy) is 1. The lowest BCUT2D eigenvalue weighted by Crippen LogP contribution is -2.33. The maximum Gasteiger partial charge on any atom is 0.329 e. The van der Waals surface area contributed by atoms with Crippen LogP contribution in [-0.4, -0.2) is 31.0 Å². The molecular weight excluding hydrogens is 488 g/mol. The first-order chi connectivity index (χ1) is 15.9. The van der Waals surface area contributed by atoms with Crippen LogP contribution in [0.5, 0.6) is 5.75 Å². The number of para-hydroxylation sites is 1. The Labute approximate surface area is 199 Å². The first-order valence-electron chi connectivity index (χ1n) is 9.82. The van der Waals surface area contributed by atoms with Gasteiger partial charge >= 0.3 is 11.8 Å². The molecule has 0 aromatic heterocycles. The van der Waals surface area contributed by atoms with Gasteiger partial charge in [0, 0.05) is 15.7 Å². The molecule has 0 heterocycles. The van der Waals surface area contributed by atoms with Crippen molar-refractivity contribution < 1.29 is 19.1 Å². The summed E-state index contributed by atoms with van der Waals surface area (Å²) in [6.45, 7) is 1.95. The van der Waals surface area contributed by atoms with E-state index in [9.17, 15) is 14.4 Å². The third kappa shape index (κ3) is 6.50. The third-order valence-corrected chi connectivity index (χ3v) is 4.99. The van der Waals surface area contributed by atoms with Crippen molar-refractivity contribution in [2.45, 2.75) is 6.92 Å². The van der Waals surface area contributed by atoms with Crippen molar-refractivity contribution in [3.8, 4) is 5.75 Å². The van der Waals surface area contributed by atoms with Crippen molar-refractivity contribution in [3.05, 3.63) is 87.9 Å². The molecule has 3 aromatic rings. The van der Waals surface area contributed by atoms with Crippen LogP contribution in [0.25, 0.3) is 0 Å². The lowest BCUT2D eigenvalue weighted by atomic mass is 10.1. The van der Waals surface area contributed by atoms with Crippen molar-refractivity contribution >= 4 is 51.2 Å². The van der Waals surface area contributed by atoms with Crippen molar-refractivity contribution in [1.29, 1.82) is 0 Å². The average Bonchev–Trinajstić information content (AvgIpc) is 2.81. The number of nitrogens with zero attached hydrogens (tertiary/aromatic N) is 1. The Bertz CT molecular complexity index is 1210. The number of methoxy groups -OCH3 is 1. The molecule has 0 saturated heterocycles. The van der Waals surface area contributed by atoms with Gasteiger partial charge in [-0.2, -0.15) is 5.10 Å². The smallest absolute Gasteiger partial charge is 0.329 e. The number of aryl methyl sites for hydroxylation is 1. The molecule has 0 saturated carbocycles. The van der Waals surface area contributed by atoms with Crippen LogP contribution >= 0.6 is 15.9 Å². The number of hydrogen-bond donors (Lipinski definition) is 3. The molecule has 3 N–H and O–H groups in total. The number of benzene rings is 3. The van der Waals surface area contributed by atoms with Gasteiger partial charge in [0.1, 0.15) is 5.75 Å². The highest BCUT2D eigenvalue weighted by atomic mass is 79.9. The Hall–Kier alpha value is -3.98. The summed E-state index contributed by atoms with van der Waals surface area (Å²) >= 11 is 3.35. The van der Waals surface area contributed by atoms with Crippen molar-refractivity contribution in [2.24, 2.45) is 5.10 Å². The molecule has 3 amide bonds. The van der Waals surface area contributed by atoms with E-state index in [1.807, 2.05) is 19.1 Å². The van der Waals surface area contributed by atoms with E-state index in [4.69, 9.17) is 4.74 Å². The largest absolute Gasteiger partial charge is 0.496 e. The molecule has 0 unspecified atom stereocenters. The topological polar surface area (TPSA) is 109 Å². The zero-order valence-electron chi connectivity index (χ0n) is 17.9. The summed E-state index contributed by atoms with van der Waals surface area (Å²) in [6.07, 6.45) is 1.36. The lowest BCUT2D eigenvalue weighted by molar-refractivity contribution is -0.136. The molecule has 33 heavy (non-hydrogen) atoms. The van der Waals surface area contributed by atoms with Gasteiger partial charge in [0.2, 0.25) is 0 Å². The second-order valence-electron chi connectivity index (χ2n) is 6.91. The Morgan fingerprint density at radius 3 is 2.39 bits per heavy atom. The maximum absolute atomic E-state index is 12.7. The van der Waals surface area contributed by atoms with Gasteiger partial charge in [-0.3, -0.25) is 14.4 Å². The van der Waals surface area contributed by atoms with E-state index < -0.39 is 17.7 Å². The minimum atomic E-state index is -0.992. The summed E-state index contributed by atoms with van der Waals surface area (Å²) in [6, 6.07) is 19.0. The highest BCUT2D eigenvalue weighted by Crippen LogP contribution is 2.21. The fraction of sp³-hybridized carbons (Fsp3) is 0.0833. The van der Waals surface area contributed by atoms with Gasteiger partial charge in [0.15, 0.2) is 0 Å². The summed E-state index contributed by atoms with van der Waals surface area (Å²) in [5.41, 5.74) is 4.84. The van der Waals surface area contributed by atoms with Crippen molar-refractivity contribution in [2.75, 3.05) is 17.7 Å². The van der Waals surface area contributed by atoms with Gasteiger partial charge in [-0.25, -0.2) is 5.43 Å². The Kier molecular flexibility index (Phi) is 7.93. The monoisotopic (exact) mass is 508 g/mol. The predicted octanol–water partition coefficient (Wildman–Crippen LogP) is 4.11. The SMILES string of the molecule is COc1ccc(Br)cc1/C=N\NC(=O)C(=O)Nc1ccccc1C(=O)Nc1ccc(C)cc1. The number of anilines is 2. The molecule has 8 nitrogen and oxygen atoms in total. The van der Waals surface area contributed by atoms with E-state index in [0.29, 0.717) is 17.0 Å². The molecule has 168 valence electrons. The van der Waals surface area contributed by atoms with Gasteiger partial charge in [-0.1, -0.05) is 45.8 Å². The number of halogens is 1. The predicted molar refractivity (Wildman–Crippen MR) is 131 cm³/mol.